The van der Waals surface area contributed by atoms with Crippen molar-refractivity contribution < 1.29 is 19.1 Å². The van der Waals surface area contributed by atoms with Crippen LogP contribution in [0.3, 0.4) is 0 Å². The van der Waals surface area contributed by atoms with Gasteiger partial charge in [0.1, 0.15) is 11.3 Å². The molecular weight excluding hydrogens is 589 g/mol. The lowest BCUT2D eigenvalue weighted by Crippen LogP contribution is -2.43. The number of pyridine rings is 1. The van der Waals surface area contributed by atoms with Crippen molar-refractivity contribution in [2.45, 2.75) is 53.1 Å². The number of hydrogen-bond donors (Lipinski definition) is 0. The van der Waals surface area contributed by atoms with Crippen LogP contribution >= 0.6 is 23.2 Å². The zero-order valence-corrected chi connectivity index (χ0v) is 27.0. The third-order valence-corrected chi connectivity index (χ3v) is 9.73. The molecule has 1 aromatic heterocycles. The molecule has 4 heterocycles. The largest absolute Gasteiger partial charge is 0.446 e. The fourth-order valence-electron chi connectivity index (χ4n) is 6.73. The van der Waals surface area contributed by atoms with Gasteiger partial charge >= 0.3 is 6.09 Å². The van der Waals surface area contributed by atoms with E-state index in [1.807, 2.05) is 43.9 Å². The number of likely N-dealkylation sites (tertiary alicyclic amines) is 3. The minimum Gasteiger partial charge on any atom is -0.446 e. The first kappa shape index (κ1) is 31.5. The molecule has 43 heavy (non-hydrogen) atoms. The number of carbonyl (C=O) groups excluding carboxylic acids is 3. The van der Waals surface area contributed by atoms with Crippen LogP contribution in [0.5, 0.6) is 0 Å². The molecule has 232 valence electrons. The lowest BCUT2D eigenvalue weighted by molar-refractivity contribution is -0.130. The van der Waals surface area contributed by atoms with Gasteiger partial charge in [-0.2, -0.15) is 0 Å². The summed E-state index contributed by atoms with van der Waals surface area (Å²) in [5, 5.41) is 1.02. The Labute approximate surface area is 264 Å². The quantitative estimate of drug-likeness (QED) is 0.383. The van der Waals surface area contributed by atoms with Gasteiger partial charge in [0.25, 0.3) is 5.91 Å². The van der Waals surface area contributed by atoms with Crippen molar-refractivity contribution in [3.8, 4) is 0 Å². The lowest BCUT2D eigenvalue weighted by atomic mass is 10.0. The number of aromatic nitrogens is 1. The number of nitrogens with zero attached hydrogens (tertiary/aromatic N) is 5. The summed E-state index contributed by atoms with van der Waals surface area (Å²) in [6.07, 6.45) is 1.46. The number of carbonyl (C=O) groups is 3. The molecule has 1 aromatic carbocycles. The number of hydrogen-bond acceptors (Lipinski definition) is 6. The van der Waals surface area contributed by atoms with Crippen molar-refractivity contribution in [1.29, 1.82) is 0 Å². The molecule has 0 bridgehead atoms. The normalized spacial score (nSPS) is 20.8. The second kappa shape index (κ2) is 13.4. The Morgan fingerprint density at radius 1 is 0.953 bits per heavy atom. The van der Waals surface area contributed by atoms with Gasteiger partial charge in [0, 0.05) is 76.3 Å². The molecule has 3 fully saturated rings. The van der Waals surface area contributed by atoms with Crippen molar-refractivity contribution in [2.75, 3.05) is 57.3 Å². The highest BCUT2D eigenvalue weighted by Crippen LogP contribution is 2.33. The van der Waals surface area contributed by atoms with Crippen LogP contribution in [-0.2, 0) is 9.53 Å². The third kappa shape index (κ3) is 7.27. The van der Waals surface area contributed by atoms with Gasteiger partial charge in [-0.1, -0.05) is 29.3 Å². The van der Waals surface area contributed by atoms with Crippen molar-refractivity contribution >= 4 is 46.8 Å². The minimum absolute atomic E-state index is 0.0398. The van der Waals surface area contributed by atoms with E-state index in [1.165, 1.54) is 0 Å². The maximum Gasteiger partial charge on any atom is 0.414 e. The highest BCUT2D eigenvalue weighted by atomic mass is 35.5. The minimum atomic E-state index is -0.379. The van der Waals surface area contributed by atoms with Crippen LogP contribution in [0.4, 0.5) is 10.5 Å². The first-order valence-electron chi connectivity index (χ1n) is 15.1. The molecule has 0 spiro atoms. The average molecular weight is 631 g/mol. The van der Waals surface area contributed by atoms with Gasteiger partial charge in [0.15, 0.2) is 0 Å². The van der Waals surface area contributed by atoms with Gasteiger partial charge in [0.05, 0.1) is 11.3 Å². The molecule has 2 unspecified atom stereocenters. The summed E-state index contributed by atoms with van der Waals surface area (Å²) < 4.78 is 5.93. The Bertz CT molecular complexity index is 1340. The molecule has 3 saturated heterocycles. The molecule has 2 atom stereocenters. The maximum atomic E-state index is 13.4. The molecular formula is C32H41Cl2N5O4. The summed E-state index contributed by atoms with van der Waals surface area (Å²) >= 11 is 12.5. The van der Waals surface area contributed by atoms with Gasteiger partial charge < -0.3 is 19.4 Å². The summed E-state index contributed by atoms with van der Waals surface area (Å²) in [7, 11) is 0. The van der Waals surface area contributed by atoms with E-state index < -0.39 is 0 Å². The topological polar surface area (TPSA) is 86.3 Å². The zero-order valence-electron chi connectivity index (χ0n) is 25.4. The molecule has 3 aliphatic rings. The Balaban J connectivity index is 1.15. The van der Waals surface area contributed by atoms with Crippen LogP contribution in [0.1, 0.15) is 53.4 Å². The van der Waals surface area contributed by atoms with E-state index >= 15 is 0 Å². The molecule has 3 amide bonds. The van der Waals surface area contributed by atoms with Crippen LogP contribution < -0.4 is 4.90 Å². The molecule has 11 heteroatoms. The Kier molecular flexibility index (Phi) is 9.83. The van der Waals surface area contributed by atoms with E-state index in [2.05, 4.69) is 9.88 Å². The van der Waals surface area contributed by atoms with E-state index in [0.29, 0.717) is 65.7 Å². The number of amides is 3. The van der Waals surface area contributed by atoms with E-state index in [9.17, 15) is 14.4 Å². The highest BCUT2D eigenvalue weighted by Gasteiger charge is 2.42. The van der Waals surface area contributed by atoms with Crippen molar-refractivity contribution in [2.24, 2.45) is 11.8 Å². The van der Waals surface area contributed by atoms with Gasteiger partial charge in [-0.15, -0.1) is 0 Å². The summed E-state index contributed by atoms with van der Waals surface area (Å²) in [5.41, 5.74) is 3.86. The smallest absolute Gasteiger partial charge is 0.414 e. The summed E-state index contributed by atoms with van der Waals surface area (Å²) in [4.78, 5) is 50.6. The van der Waals surface area contributed by atoms with Crippen LogP contribution in [0.25, 0.3) is 0 Å². The molecule has 0 aliphatic carbocycles. The number of anilines is 1. The third-order valence-electron chi connectivity index (χ3n) is 9.13. The molecule has 0 radical (unpaired) electrons. The van der Waals surface area contributed by atoms with E-state index in [4.69, 9.17) is 27.9 Å². The maximum absolute atomic E-state index is 13.4. The Morgan fingerprint density at radius 2 is 1.63 bits per heavy atom. The van der Waals surface area contributed by atoms with Gasteiger partial charge in [-0.3, -0.25) is 14.5 Å². The number of aryl methyl sites for hydroxylation is 3. The Hall–Kier alpha value is -2.88. The monoisotopic (exact) mass is 629 g/mol. The van der Waals surface area contributed by atoms with Crippen molar-refractivity contribution in [3.05, 3.63) is 56.8 Å². The number of rotatable bonds is 7. The predicted molar refractivity (Wildman–Crippen MR) is 168 cm³/mol. The fraction of sp³-hybridized carbons (Fsp3) is 0.562. The number of fused-ring (bicyclic) bond motifs is 1. The summed E-state index contributed by atoms with van der Waals surface area (Å²) in [6, 6.07) is 7.40. The SMILES string of the molecule is CC(=O)N1CCC(OC(=O)N(CCCN2CC3CN(C(=O)c4c(C)cc(Cl)nc4C)CC3C2)c2ccc(C)c(Cl)c2)CC1. The standard InChI is InChI=1S/C32H41Cl2N5O4/c1-20-6-7-26(15-28(20)33)39(32(42)43-27-8-12-37(13-9-27)23(4)40)11-5-10-36-16-24-18-38(19-25(24)17-36)31(41)30-21(2)14-29(34)35-22(30)3/h6-7,14-15,24-25,27H,5,8-13,16-19H2,1-4H3. The zero-order chi connectivity index (χ0) is 30.8. The van der Waals surface area contributed by atoms with E-state index in [-0.39, 0.29) is 24.0 Å². The van der Waals surface area contributed by atoms with E-state index in [1.54, 1.807) is 22.8 Å². The van der Waals surface area contributed by atoms with Gasteiger partial charge in [-0.25, -0.2) is 9.78 Å². The average Bonchev–Trinajstić information content (AvgIpc) is 3.51. The number of benzene rings is 1. The Morgan fingerprint density at radius 3 is 2.23 bits per heavy atom. The van der Waals surface area contributed by atoms with E-state index in [0.717, 1.165) is 56.0 Å². The summed E-state index contributed by atoms with van der Waals surface area (Å²) in [6.45, 7) is 13.1. The molecule has 3 aliphatic heterocycles. The summed E-state index contributed by atoms with van der Waals surface area (Å²) in [5.74, 6) is 0.957. The number of halogens is 2. The molecule has 2 aromatic rings. The van der Waals surface area contributed by atoms with Crippen LogP contribution in [0.15, 0.2) is 24.3 Å². The second-order valence-electron chi connectivity index (χ2n) is 12.2. The first-order chi connectivity index (χ1) is 20.5. The molecule has 5 rings (SSSR count). The van der Waals surface area contributed by atoms with Crippen molar-refractivity contribution in [3.63, 3.8) is 0 Å². The molecule has 0 N–H and O–H groups in total. The van der Waals surface area contributed by atoms with Gasteiger partial charge in [0.2, 0.25) is 5.91 Å². The van der Waals surface area contributed by atoms with Crippen LogP contribution in [0.2, 0.25) is 10.2 Å². The highest BCUT2D eigenvalue weighted by molar-refractivity contribution is 6.31. The number of piperidine rings is 1. The second-order valence-corrected chi connectivity index (χ2v) is 13.0. The lowest BCUT2D eigenvalue weighted by Gasteiger charge is -2.32. The molecule has 9 nitrogen and oxygen atoms in total. The number of ether oxygens (including phenoxy) is 1. The predicted octanol–water partition coefficient (Wildman–Crippen LogP) is 5.36. The first-order valence-corrected chi connectivity index (χ1v) is 15.9. The van der Waals surface area contributed by atoms with Crippen molar-refractivity contribution in [1.82, 2.24) is 19.7 Å². The molecule has 0 saturated carbocycles. The van der Waals surface area contributed by atoms with Crippen LogP contribution in [0, 0.1) is 32.6 Å². The fourth-order valence-corrected chi connectivity index (χ4v) is 7.19. The van der Waals surface area contributed by atoms with Gasteiger partial charge in [-0.05, 0) is 74.9 Å². The van der Waals surface area contributed by atoms with Crippen LogP contribution in [-0.4, -0.2) is 96.1 Å².